The Morgan fingerprint density at radius 3 is 2.17 bits per heavy atom. The molecule has 0 spiro atoms. The van der Waals surface area contributed by atoms with Gasteiger partial charge in [-0.05, 0) is 12.3 Å². The predicted molar refractivity (Wildman–Crippen MR) is 89.4 cm³/mol. The van der Waals surface area contributed by atoms with Crippen LogP contribution in [0.25, 0.3) is 0 Å². The van der Waals surface area contributed by atoms with E-state index >= 15 is 0 Å². The van der Waals surface area contributed by atoms with Crippen molar-refractivity contribution in [2.75, 3.05) is 0 Å². The van der Waals surface area contributed by atoms with Crippen LogP contribution in [0.4, 0.5) is 4.79 Å². The first-order chi connectivity index (χ1) is 11.2. The minimum absolute atomic E-state index is 0.176. The van der Waals surface area contributed by atoms with Crippen molar-refractivity contribution in [3.63, 3.8) is 0 Å². The number of amides is 1. The van der Waals surface area contributed by atoms with Crippen molar-refractivity contribution in [2.24, 2.45) is 11.8 Å². The van der Waals surface area contributed by atoms with Gasteiger partial charge in [-0.25, -0.2) is 4.79 Å². The number of alkyl carbamates (subject to hydrolysis) is 1. The number of hydrogen-bond donors (Lipinski definition) is 2. The number of esters is 1. The summed E-state index contributed by atoms with van der Waals surface area (Å²) in [6, 6.07) is -0.522. The van der Waals surface area contributed by atoms with Gasteiger partial charge in [-0.1, -0.05) is 47.5 Å². The molecule has 0 aromatic carbocycles. The standard InChI is InChI=1S/C17H31NO6/c1-6-8-12(5)9-13(10-14(19)20)18-17(22)24-16(11(3)4)23-15(21)7-2/h11-13,16H,6-10H2,1-5H3,(H,18,22)(H,19,20)/t12-,13+,16+/m1/s1. The van der Waals surface area contributed by atoms with Gasteiger partial charge in [-0.3, -0.25) is 9.59 Å². The maximum atomic E-state index is 12.0. The second-order valence-corrected chi connectivity index (χ2v) is 6.43. The summed E-state index contributed by atoms with van der Waals surface area (Å²) in [6.07, 6.45) is 0.748. The van der Waals surface area contributed by atoms with Crippen molar-refractivity contribution in [3.05, 3.63) is 0 Å². The van der Waals surface area contributed by atoms with E-state index in [9.17, 15) is 14.4 Å². The molecule has 0 saturated carbocycles. The summed E-state index contributed by atoms with van der Waals surface area (Å²) in [6.45, 7) is 9.25. The van der Waals surface area contributed by atoms with Crippen molar-refractivity contribution < 1.29 is 29.0 Å². The molecule has 0 aromatic rings. The van der Waals surface area contributed by atoms with Gasteiger partial charge in [0.1, 0.15) is 0 Å². The minimum Gasteiger partial charge on any atom is -0.481 e. The highest BCUT2D eigenvalue weighted by atomic mass is 16.7. The summed E-state index contributed by atoms with van der Waals surface area (Å²) < 4.78 is 10.2. The van der Waals surface area contributed by atoms with Gasteiger partial charge in [0.2, 0.25) is 0 Å². The van der Waals surface area contributed by atoms with Gasteiger partial charge in [-0.15, -0.1) is 0 Å². The van der Waals surface area contributed by atoms with Gasteiger partial charge in [0.15, 0.2) is 0 Å². The molecule has 24 heavy (non-hydrogen) atoms. The van der Waals surface area contributed by atoms with Crippen LogP contribution in [0.3, 0.4) is 0 Å². The smallest absolute Gasteiger partial charge is 0.410 e. The molecule has 2 N–H and O–H groups in total. The Labute approximate surface area is 144 Å². The fourth-order valence-electron chi connectivity index (χ4n) is 2.32. The maximum absolute atomic E-state index is 12.0. The number of hydrogen-bond acceptors (Lipinski definition) is 5. The maximum Gasteiger partial charge on any atom is 0.410 e. The Kier molecular flexibility index (Phi) is 10.8. The van der Waals surface area contributed by atoms with E-state index in [2.05, 4.69) is 12.2 Å². The van der Waals surface area contributed by atoms with Crippen molar-refractivity contribution >= 4 is 18.0 Å². The van der Waals surface area contributed by atoms with Crippen molar-refractivity contribution in [1.82, 2.24) is 5.32 Å². The molecule has 7 nitrogen and oxygen atoms in total. The average Bonchev–Trinajstić information content (AvgIpc) is 2.45. The third-order valence-corrected chi connectivity index (χ3v) is 3.52. The molecule has 0 rings (SSSR count). The van der Waals surface area contributed by atoms with Gasteiger partial charge in [0, 0.05) is 18.4 Å². The molecule has 0 bridgehead atoms. The van der Waals surface area contributed by atoms with E-state index in [1.807, 2.05) is 6.92 Å². The SMILES string of the molecule is CCC[C@@H](C)C[C@@H](CC(=O)O)NC(=O)O[C@H](OC(=O)CC)C(C)C. The van der Waals surface area contributed by atoms with E-state index in [0.717, 1.165) is 12.8 Å². The third-order valence-electron chi connectivity index (χ3n) is 3.52. The number of carbonyl (C=O) groups excluding carboxylic acids is 2. The summed E-state index contributed by atoms with van der Waals surface area (Å²) in [5, 5.41) is 11.6. The summed E-state index contributed by atoms with van der Waals surface area (Å²) in [5.41, 5.74) is 0. The molecule has 140 valence electrons. The zero-order valence-electron chi connectivity index (χ0n) is 15.3. The Morgan fingerprint density at radius 1 is 1.08 bits per heavy atom. The highest BCUT2D eigenvalue weighted by molar-refractivity contribution is 5.72. The number of nitrogens with one attached hydrogen (secondary N) is 1. The van der Waals surface area contributed by atoms with Gasteiger partial charge < -0.3 is 19.9 Å². The summed E-state index contributed by atoms with van der Waals surface area (Å²) >= 11 is 0. The largest absolute Gasteiger partial charge is 0.481 e. The van der Waals surface area contributed by atoms with Crippen LogP contribution in [0.1, 0.15) is 66.7 Å². The predicted octanol–water partition coefficient (Wildman–Crippen LogP) is 3.32. The monoisotopic (exact) mass is 345 g/mol. The highest BCUT2D eigenvalue weighted by Gasteiger charge is 2.25. The quantitative estimate of drug-likeness (QED) is 0.440. The van der Waals surface area contributed by atoms with Gasteiger partial charge in [0.25, 0.3) is 6.29 Å². The zero-order valence-corrected chi connectivity index (χ0v) is 15.3. The Hall–Kier alpha value is -1.79. The van der Waals surface area contributed by atoms with E-state index < -0.39 is 30.4 Å². The van der Waals surface area contributed by atoms with E-state index in [4.69, 9.17) is 14.6 Å². The lowest BCUT2D eigenvalue weighted by Crippen LogP contribution is -2.41. The molecule has 0 unspecified atom stereocenters. The van der Waals surface area contributed by atoms with Crippen LogP contribution in [0.5, 0.6) is 0 Å². The molecule has 3 atom stereocenters. The van der Waals surface area contributed by atoms with E-state index in [0.29, 0.717) is 12.3 Å². The molecule has 0 aromatic heterocycles. The van der Waals surface area contributed by atoms with Gasteiger partial charge in [0.05, 0.1) is 6.42 Å². The molecular weight excluding hydrogens is 314 g/mol. The van der Waals surface area contributed by atoms with E-state index in [1.54, 1.807) is 20.8 Å². The first-order valence-corrected chi connectivity index (χ1v) is 8.57. The molecule has 0 saturated heterocycles. The number of carboxylic acids is 1. The molecule has 7 heteroatoms. The van der Waals surface area contributed by atoms with Crippen LogP contribution in [0.2, 0.25) is 0 Å². The molecule has 0 heterocycles. The number of carbonyl (C=O) groups is 3. The normalized spacial score (nSPS) is 14.6. The van der Waals surface area contributed by atoms with Crippen LogP contribution in [0, 0.1) is 11.8 Å². The van der Waals surface area contributed by atoms with Crippen LogP contribution in [0.15, 0.2) is 0 Å². The fraction of sp³-hybridized carbons (Fsp3) is 0.824. The first-order valence-electron chi connectivity index (χ1n) is 8.57. The Morgan fingerprint density at radius 2 is 1.71 bits per heavy atom. The average molecular weight is 345 g/mol. The Bertz CT molecular complexity index is 410. The third kappa shape index (κ3) is 10.1. The van der Waals surface area contributed by atoms with Gasteiger partial charge >= 0.3 is 18.0 Å². The lowest BCUT2D eigenvalue weighted by Gasteiger charge is -2.24. The number of carboxylic acid groups (broad SMARTS) is 1. The fourth-order valence-corrected chi connectivity index (χ4v) is 2.32. The topological polar surface area (TPSA) is 102 Å². The number of rotatable bonds is 11. The summed E-state index contributed by atoms with van der Waals surface area (Å²) in [4.78, 5) is 34.4. The molecule has 0 fully saturated rings. The van der Waals surface area contributed by atoms with Crippen molar-refractivity contribution in [3.8, 4) is 0 Å². The first kappa shape index (κ1) is 22.2. The molecule has 1 amide bonds. The van der Waals surface area contributed by atoms with Crippen LogP contribution >= 0.6 is 0 Å². The molecular formula is C17H31NO6. The lowest BCUT2D eigenvalue weighted by molar-refractivity contribution is -0.174. The van der Waals surface area contributed by atoms with Crippen molar-refractivity contribution in [2.45, 2.75) is 79.1 Å². The molecule has 0 aliphatic heterocycles. The van der Waals surface area contributed by atoms with Crippen LogP contribution in [-0.2, 0) is 19.1 Å². The number of aliphatic carboxylic acids is 1. The van der Waals surface area contributed by atoms with Gasteiger partial charge in [-0.2, -0.15) is 0 Å². The van der Waals surface area contributed by atoms with Crippen LogP contribution < -0.4 is 5.32 Å². The lowest BCUT2D eigenvalue weighted by atomic mass is 9.95. The summed E-state index contributed by atoms with van der Waals surface area (Å²) in [5.74, 6) is -1.36. The zero-order chi connectivity index (χ0) is 18.7. The van der Waals surface area contributed by atoms with Crippen LogP contribution in [-0.4, -0.2) is 35.5 Å². The minimum atomic E-state index is -0.990. The number of ether oxygens (including phenoxy) is 2. The molecule has 0 aliphatic rings. The molecule has 0 aliphatic carbocycles. The molecule has 0 radical (unpaired) electrons. The Balaban J connectivity index is 4.71. The highest BCUT2D eigenvalue weighted by Crippen LogP contribution is 2.16. The van der Waals surface area contributed by atoms with Crippen molar-refractivity contribution in [1.29, 1.82) is 0 Å². The summed E-state index contributed by atoms with van der Waals surface area (Å²) in [7, 11) is 0. The second-order valence-electron chi connectivity index (χ2n) is 6.43. The van der Waals surface area contributed by atoms with E-state index in [-0.39, 0.29) is 18.8 Å². The van der Waals surface area contributed by atoms with E-state index in [1.165, 1.54) is 0 Å². The second kappa shape index (κ2) is 11.7.